The average Bonchev–Trinajstić information content (AvgIpc) is 2.93. The number of anilines is 1. The van der Waals surface area contributed by atoms with Crippen LogP contribution in [-0.4, -0.2) is 13.0 Å². The van der Waals surface area contributed by atoms with Gasteiger partial charge in [0.1, 0.15) is 6.04 Å². The Morgan fingerprint density at radius 2 is 1.82 bits per heavy atom. The SMILES string of the molecule is Cc1c(N[C@@H](c2ccc3c(c2)OCO3)C(F)(F)F)c(=O)c1=O. The number of rotatable bonds is 3. The third kappa shape index (κ3) is 2.20. The normalized spacial score (nSPS) is 15.1. The molecule has 116 valence electrons. The van der Waals surface area contributed by atoms with Gasteiger partial charge in [-0.2, -0.15) is 13.2 Å². The zero-order valence-electron chi connectivity index (χ0n) is 11.3. The monoisotopic (exact) mass is 313 g/mol. The predicted molar refractivity (Wildman–Crippen MR) is 71.1 cm³/mol. The van der Waals surface area contributed by atoms with Gasteiger partial charge < -0.3 is 14.8 Å². The number of halogens is 3. The van der Waals surface area contributed by atoms with Crippen LogP contribution >= 0.6 is 0 Å². The molecule has 2 aromatic rings. The van der Waals surface area contributed by atoms with Gasteiger partial charge in [0.05, 0.1) is 5.69 Å². The first-order valence-electron chi connectivity index (χ1n) is 6.31. The third-order valence-electron chi connectivity index (χ3n) is 3.49. The minimum Gasteiger partial charge on any atom is -0.454 e. The van der Waals surface area contributed by atoms with Crippen molar-refractivity contribution in [2.75, 3.05) is 12.1 Å². The third-order valence-corrected chi connectivity index (χ3v) is 3.49. The standard InChI is InChI=1S/C14H10F3NO4/c1-6-10(12(20)11(6)19)18-13(14(15,16)17)7-2-3-8-9(4-7)22-5-21-8/h2-4,13,18H,5H2,1H3/t13-/m0/s1. The topological polar surface area (TPSA) is 64.6 Å². The van der Waals surface area contributed by atoms with Gasteiger partial charge in [-0.25, -0.2) is 0 Å². The highest BCUT2D eigenvalue weighted by atomic mass is 19.4. The van der Waals surface area contributed by atoms with E-state index in [1.165, 1.54) is 25.1 Å². The quantitative estimate of drug-likeness (QED) is 0.879. The van der Waals surface area contributed by atoms with Crippen molar-refractivity contribution in [2.45, 2.75) is 19.1 Å². The zero-order chi connectivity index (χ0) is 16.1. The second-order valence-corrected chi connectivity index (χ2v) is 4.89. The molecule has 22 heavy (non-hydrogen) atoms. The van der Waals surface area contributed by atoms with Gasteiger partial charge in [0, 0.05) is 5.56 Å². The molecule has 0 fully saturated rings. The van der Waals surface area contributed by atoms with Crippen LogP contribution in [0.15, 0.2) is 27.8 Å². The lowest BCUT2D eigenvalue weighted by atomic mass is 10.0. The van der Waals surface area contributed by atoms with Crippen LogP contribution in [0.1, 0.15) is 17.2 Å². The summed E-state index contributed by atoms with van der Waals surface area (Å²) in [5, 5.41) is 2.12. The molecule has 8 heteroatoms. The highest BCUT2D eigenvalue weighted by Crippen LogP contribution is 2.40. The first-order chi connectivity index (χ1) is 10.3. The number of alkyl halides is 3. The molecular weight excluding hydrogens is 303 g/mol. The Morgan fingerprint density at radius 1 is 1.14 bits per heavy atom. The van der Waals surface area contributed by atoms with Crippen molar-refractivity contribution in [3.8, 4) is 11.5 Å². The van der Waals surface area contributed by atoms with Gasteiger partial charge in [0.25, 0.3) is 0 Å². The van der Waals surface area contributed by atoms with E-state index in [0.717, 1.165) is 0 Å². The summed E-state index contributed by atoms with van der Waals surface area (Å²) in [6.45, 7) is 1.25. The van der Waals surface area contributed by atoms with E-state index >= 15 is 0 Å². The van der Waals surface area contributed by atoms with Crippen LogP contribution in [0.3, 0.4) is 0 Å². The van der Waals surface area contributed by atoms with Crippen molar-refractivity contribution in [3.05, 3.63) is 49.8 Å². The molecule has 0 saturated heterocycles. The minimum atomic E-state index is -4.65. The van der Waals surface area contributed by atoms with Gasteiger partial charge in [0.2, 0.25) is 17.7 Å². The van der Waals surface area contributed by atoms with E-state index in [2.05, 4.69) is 5.32 Å². The molecule has 0 saturated carbocycles. The van der Waals surface area contributed by atoms with E-state index in [-0.39, 0.29) is 29.4 Å². The minimum absolute atomic E-state index is 0.00000617. The maximum atomic E-state index is 13.3. The zero-order valence-corrected chi connectivity index (χ0v) is 11.3. The van der Waals surface area contributed by atoms with Gasteiger partial charge in [0.15, 0.2) is 11.5 Å². The van der Waals surface area contributed by atoms with Crippen LogP contribution in [0.4, 0.5) is 18.9 Å². The number of ether oxygens (including phenoxy) is 2. The summed E-state index contributed by atoms with van der Waals surface area (Å²) in [7, 11) is 0. The number of benzene rings is 1. The van der Waals surface area contributed by atoms with Crippen LogP contribution in [0.2, 0.25) is 0 Å². The molecule has 0 radical (unpaired) electrons. The average molecular weight is 313 g/mol. The van der Waals surface area contributed by atoms with E-state index in [1.54, 1.807) is 0 Å². The van der Waals surface area contributed by atoms with Crippen molar-refractivity contribution in [1.29, 1.82) is 0 Å². The summed E-state index contributed by atoms with van der Waals surface area (Å²) >= 11 is 0. The number of nitrogens with one attached hydrogen (secondary N) is 1. The largest absolute Gasteiger partial charge is 0.454 e. The summed E-state index contributed by atoms with van der Waals surface area (Å²) in [4.78, 5) is 22.5. The van der Waals surface area contributed by atoms with Crippen LogP contribution in [0, 0.1) is 6.92 Å². The fourth-order valence-corrected chi connectivity index (χ4v) is 2.27. The molecule has 1 heterocycles. The molecule has 5 nitrogen and oxygen atoms in total. The summed E-state index contributed by atoms with van der Waals surface area (Å²) in [6, 6.07) is 1.69. The Labute approximate surface area is 122 Å². The lowest BCUT2D eigenvalue weighted by molar-refractivity contribution is -0.144. The first-order valence-corrected chi connectivity index (χ1v) is 6.31. The highest BCUT2D eigenvalue weighted by Gasteiger charge is 2.42. The first kappa shape index (κ1) is 14.4. The number of fused-ring (bicyclic) bond motifs is 1. The van der Waals surface area contributed by atoms with Crippen molar-refractivity contribution in [3.63, 3.8) is 0 Å². The molecule has 1 atom stereocenters. The summed E-state index contributed by atoms with van der Waals surface area (Å²) in [6.07, 6.45) is -4.65. The summed E-state index contributed by atoms with van der Waals surface area (Å²) in [5.74, 6) is 0.560. The second kappa shape index (κ2) is 4.75. The summed E-state index contributed by atoms with van der Waals surface area (Å²) < 4.78 is 49.9. The van der Waals surface area contributed by atoms with Crippen molar-refractivity contribution >= 4 is 5.69 Å². The molecule has 3 rings (SSSR count). The van der Waals surface area contributed by atoms with Gasteiger partial charge in [-0.05, 0) is 24.6 Å². The van der Waals surface area contributed by atoms with Gasteiger partial charge in [-0.1, -0.05) is 6.07 Å². The Bertz CT molecular complexity index is 805. The Morgan fingerprint density at radius 3 is 2.45 bits per heavy atom. The molecule has 2 aromatic carbocycles. The Hall–Kier alpha value is -2.51. The molecule has 1 N–H and O–H groups in total. The number of hydrogen-bond acceptors (Lipinski definition) is 5. The molecule has 0 aromatic heterocycles. The van der Waals surface area contributed by atoms with E-state index in [9.17, 15) is 22.8 Å². The molecule has 1 aliphatic rings. The maximum absolute atomic E-state index is 13.3. The van der Waals surface area contributed by atoms with Crippen LogP contribution < -0.4 is 25.6 Å². The molecular formula is C14H10F3NO4. The predicted octanol–water partition coefficient (Wildman–Crippen LogP) is 2.04. The van der Waals surface area contributed by atoms with Gasteiger partial charge in [-0.15, -0.1) is 0 Å². The lowest BCUT2D eigenvalue weighted by Crippen LogP contribution is -2.40. The Kier molecular flexibility index (Phi) is 3.12. The number of hydrogen-bond donors (Lipinski definition) is 1. The van der Waals surface area contributed by atoms with E-state index in [0.29, 0.717) is 5.75 Å². The molecule has 0 unspecified atom stereocenters. The van der Waals surface area contributed by atoms with E-state index in [4.69, 9.17) is 9.47 Å². The van der Waals surface area contributed by atoms with Crippen molar-refractivity contribution in [2.24, 2.45) is 0 Å². The fraction of sp³-hybridized carbons (Fsp3) is 0.286. The van der Waals surface area contributed by atoms with Crippen LogP contribution in [0.5, 0.6) is 11.5 Å². The van der Waals surface area contributed by atoms with Crippen LogP contribution in [0.25, 0.3) is 0 Å². The molecule has 0 spiro atoms. The molecule has 0 bridgehead atoms. The van der Waals surface area contributed by atoms with E-state index in [1.807, 2.05) is 0 Å². The summed E-state index contributed by atoms with van der Waals surface area (Å²) in [5.41, 5.74) is -2.14. The second-order valence-electron chi connectivity index (χ2n) is 4.89. The lowest BCUT2D eigenvalue weighted by Gasteiger charge is -2.24. The van der Waals surface area contributed by atoms with E-state index < -0.39 is 23.1 Å². The van der Waals surface area contributed by atoms with Crippen LogP contribution in [-0.2, 0) is 0 Å². The molecule has 0 aliphatic carbocycles. The maximum Gasteiger partial charge on any atom is 0.412 e. The van der Waals surface area contributed by atoms with Gasteiger partial charge in [-0.3, -0.25) is 9.59 Å². The smallest absolute Gasteiger partial charge is 0.412 e. The molecule has 1 aliphatic heterocycles. The Balaban J connectivity index is 1.98. The highest BCUT2D eigenvalue weighted by molar-refractivity contribution is 5.58. The fourth-order valence-electron chi connectivity index (χ4n) is 2.27. The van der Waals surface area contributed by atoms with Crippen molar-refractivity contribution < 1.29 is 22.6 Å². The van der Waals surface area contributed by atoms with Gasteiger partial charge >= 0.3 is 6.18 Å². The molecule has 0 amide bonds. The van der Waals surface area contributed by atoms with Crippen molar-refractivity contribution in [1.82, 2.24) is 0 Å².